The van der Waals surface area contributed by atoms with Crippen LogP contribution >= 0.6 is 15.9 Å². The summed E-state index contributed by atoms with van der Waals surface area (Å²) < 4.78 is 5.70. The van der Waals surface area contributed by atoms with Crippen molar-refractivity contribution in [2.45, 2.75) is 13.8 Å². The molecule has 0 bridgehead atoms. The Morgan fingerprint density at radius 3 is 2.76 bits per heavy atom. The predicted octanol–water partition coefficient (Wildman–Crippen LogP) is 2.70. The maximum atomic E-state index is 11.8. The molecular weight excluding hydrogens is 286 g/mol. The molecule has 88 valence electrons. The van der Waals surface area contributed by atoms with Crippen molar-refractivity contribution >= 4 is 27.7 Å². The number of aromatic nitrogens is 2. The van der Waals surface area contributed by atoms with Crippen molar-refractivity contribution in [3.63, 3.8) is 0 Å². The number of carbonyl (C=O) groups is 1. The molecule has 0 atom stereocenters. The largest absolute Gasteiger partial charge is 0.361 e. The number of nitrogens with zero attached hydrogens (tertiary/aromatic N) is 2. The van der Waals surface area contributed by atoms with Gasteiger partial charge in [-0.25, -0.2) is 4.98 Å². The summed E-state index contributed by atoms with van der Waals surface area (Å²) in [5.74, 6) is 0.772. The van der Waals surface area contributed by atoms with Gasteiger partial charge >= 0.3 is 0 Å². The second kappa shape index (κ2) is 4.67. The molecule has 0 fully saturated rings. The van der Waals surface area contributed by atoms with E-state index in [9.17, 15) is 4.79 Å². The SMILES string of the molecule is Cc1cc(C(=O)Nc2ncc(Br)cc2C)no1. The summed E-state index contributed by atoms with van der Waals surface area (Å²) in [4.78, 5) is 15.9. The van der Waals surface area contributed by atoms with Crippen LogP contribution in [-0.4, -0.2) is 16.0 Å². The lowest BCUT2D eigenvalue weighted by Gasteiger charge is -2.05. The average molecular weight is 296 g/mol. The molecule has 0 unspecified atom stereocenters. The topological polar surface area (TPSA) is 68.0 Å². The number of nitrogens with one attached hydrogen (secondary N) is 1. The van der Waals surface area contributed by atoms with Gasteiger partial charge in [0.15, 0.2) is 5.69 Å². The molecule has 17 heavy (non-hydrogen) atoms. The Morgan fingerprint density at radius 1 is 1.41 bits per heavy atom. The van der Waals surface area contributed by atoms with E-state index in [0.29, 0.717) is 11.6 Å². The number of amides is 1. The Labute approximate surface area is 106 Å². The monoisotopic (exact) mass is 295 g/mol. The Morgan fingerprint density at radius 2 is 2.18 bits per heavy atom. The van der Waals surface area contributed by atoms with Crippen LogP contribution in [-0.2, 0) is 0 Å². The van der Waals surface area contributed by atoms with E-state index < -0.39 is 0 Å². The minimum absolute atomic E-state index is 0.242. The molecule has 2 aromatic heterocycles. The van der Waals surface area contributed by atoms with Gasteiger partial charge < -0.3 is 9.84 Å². The Balaban J connectivity index is 2.18. The van der Waals surface area contributed by atoms with Crippen LogP contribution in [0.1, 0.15) is 21.8 Å². The maximum Gasteiger partial charge on any atom is 0.279 e. The van der Waals surface area contributed by atoms with Gasteiger partial charge in [-0.2, -0.15) is 0 Å². The van der Waals surface area contributed by atoms with E-state index in [1.165, 1.54) is 0 Å². The molecule has 0 aromatic carbocycles. The van der Waals surface area contributed by atoms with E-state index in [1.54, 1.807) is 19.2 Å². The summed E-state index contributed by atoms with van der Waals surface area (Å²) in [7, 11) is 0. The number of aryl methyl sites for hydroxylation is 2. The zero-order valence-corrected chi connectivity index (χ0v) is 10.9. The number of carbonyl (C=O) groups excluding carboxylic acids is 1. The van der Waals surface area contributed by atoms with Gasteiger partial charge in [-0.1, -0.05) is 5.16 Å². The molecule has 0 spiro atoms. The molecule has 2 aromatic rings. The third kappa shape index (κ3) is 2.71. The van der Waals surface area contributed by atoms with Gasteiger partial charge in [0.2, 0.25) is 0 Å². The van der Waals surface area contributed by atoms with Crippen LogP contribution in [0.2, 0.25) is 0 Å². The summed E-state index contributed by atoms with van der Waals surface area (Å²) in [6.07, 6.45) is 1.62. The van der Waals surface area contributed by atoms with Crippen LogP contribution in [0, 0.1) is 13.8 Å². The van der Waals surface area contributed by atoms with Crippen molar-refractivity contribution in [3.8, 4) is 0 Å². The van der Waals surface area contributed by atoms with E-state index in [-0.39, 0.29) is 11.6 Å². The normalized spacial score (nSPS) is 10.3. The number of anilines is 1. The summed E-state index contributed by atoms with van der Waals surface area (Å²) >= 11 is 3.31. The highest BCUT2D eigenvalue weighted by Gasteiger charge is 2.12. The first-order valence-corrected chi connectivity index (χ1v) is 5.72. The summed E-state index contributed by atoms with van der Waals surface area (Å²) in [6, 6.07) is 3.44. The quantitative estimate of drug-likeness (QED) is 0.925. The first kappa shape index (κ1) is 11.8. The highest BCUT2D eigenvalue weighted by atomic mass is 79.9. The molecule has 6 heteroatoms. The first-order valence-electron chi connectivity index (χ1n) is 4.93. The van der Waals surface area contributed by atoms with E-state index in [0.717, 1.165) is 10.0 Å². The highest BCUT2D eigenvalue weighted by molar-refractivity contribution is 9.10. The second-order valence-electron chi connectivity index (χ2n) is 3.60. The van der Waals surface area contributed by atoms with Crippen molar-refractivity contribution in [2.75, 3.05) is 5.32 Å². The second-order valence-corrected chi connectivity index (χ2v) is 4.51. The van der Waals surface area contributed by atoms with Gasteiger partial charge in [0.05, 0.1) is 0 Å². The lowest BCUT2D eigenvalue weighted by Crippen LogP contribution is -2.14. The number of hydrogen-bond acceptors (Lipinski definition) is 4. The van der Waals surface area contributed by atoms with Crippen molar-refractivity contribution in [1.29, 1.82) is 0 Å². The number of halogens is 1. The van der Waals surface area contributed by atoms with Gasteiger partial charge in [-0.3, -0.25) is 4.79 Å². The molecule has 0 aliphatic carbocycles. The maximum absolute atomic E-state index is 11.8. The van der Waals surface area contributed by atoms with Crippen molar-refractivity contribution < 1.29 is 9.32 Å². The molecule has 0 aliphatic heterocycles. The molecule has 1 amide bonds. The minimum Gasteiger partial charge on any atom is -0.361 e. The molecule has 2 heterocycles. The highest BCUT2D eigenvalue weighted by Crippen LogP contribution is 2.17. The fourth-order valence-corrected chi connectivity index (χ4v) is 1.76. The van der Waals surface area contributed by atoms with Gasteiger partial charge in [-0.05, 0) is 41.4 Å². The molecular formula is C11H10BrN3O2. The summed E-state index contributed by atoms with van der Waals surface area (Å²) in [5.41, 5.74) is 1.11. The third-order valence-electron chi connectivity index (χ3n) is 2.14. The van der Waals surface area contributed by atoms with Crippen LogP contribution in [0.4, 0.5) is 5.82 Å². The van der Waals surface area contributed by atoms with Crippen LogP contribution in [0.25, 0.3) is 0 Å². The Hall–Kier alpha value is -1.69. The molecule has 5 nitrogen and oxygen atoms in total. The van der Waals surface area contributed by atoms with Gasteiger partial charge in [0, 0.05) is 16.7 Å². The van der Waals surface area contributed by atoms with Crippen LogP contribution in [0.15, 0.2) is 27.3 Å². The number of rotatable bonds is 2. The molecule has 0 radical (unpaired) electrons. The fraction of sp³-hybridized carbons (Fsp3) is 0.182. The lowest BCUT2D eigenvalue weighted by atomic mass is 10.3. The van der Waals surface area contributed by atoms with Crippen LogP contribution in [0.5, 0.6) is 0 Å². The zero-order valence-electron chi connectivity index (χ0n) is 9.32. The average Bonchev–Trinajstić information content (AvgIpc) is 2.69. The zero-order chi connectivity index (χ0) is 12.4. The van der Waals surface area contributed by atoms with Crippen molar-refractivity contribution in [1.82, 2.24) is 10.1 Å². The van der Waals surface area contributed by atoms with E-state index in [4.69, 9.17) is 4.52 Å². The first-order chi connectivity index (χ1) is 8.06. The van der Waals surface area contributed by atoms with Gasteiger partial charge in [0.25, 0.3) is 5.91 Å². The molecule has 0 saturated carbocycles. The minimum atomic E-state index is -0.334. The molecule has 1 N–H and O–H groups in total. The lowest BCUT2D eigenvalue weighted by molar-refractivity contribution is 0.101. The van der Waals surface area contributed by atoms with Crippen molar-refractivity contribution in [2.24, 2.45) is 0 Å². The molecule has 0 aliphatic rings. The standard InChI is InChI=1S/C11H10BrN3O2/c1-6-3-8(12)5-13-10(6)14-11(16)9-4-7(2)17-15-9/h3-5H,1-2H3,(H,13,14,16). The van der Waals surface area contributed by atoms with Gasteiger partial charge in [0.1, 0.15) is 11.6 Å². The van der Waals surface area contributed by atoms with E-state index in [2.05, 4.69) is 31.4 Å². The summed E-state index contributed by atoms with van der Waals surface area (Å²) in [6.45, 7) is 3.59. The van der Waals surface area contributed by atoms with Crippen molar-refractivity contribution in [3.05, 3.63) is 39.8 Å². The van der Waals surface area contributed by atoms with E-state index in [1.807, 2.05) is 13.0 Å². The van der Waals surface area contributed by atoms with Crippen LogP contribution < -0.4 is 5.32 Å². The number of pyridine rings is 1. The number of hydrogen-bond donors (Lipinski definition) is 1. The van der Waals surface area contributed by atoms with E-state index >= 15 is 0 Å². The predicted molar refractivity (Wildman–Crippen MR) is 65.9 cm³/mol. The third-order valence-corrected chi connectivity index (χ3v) is 2.57. The molecule has 0 saturated heterocycles. The van der Waals surface area contributed by atoms with Gasteiger partial charge in [-0.15, -0.1) is 0 Å². The summed E-state index contributed by atoms with van der Waals surface area (Å²) in [5, 5.41) is 6.31. The Bertz CT molecular complexity index is 566. The Kier molecular flexibility index (Phi) is 3.23. The molecule has 2 rings (SSSR count). The van der Waals surface area contributed by atoms with Crippen LogP contribution in [0.3, 0.4) is 0 Å². The smallest absolute Gasteiger partial charge is 0.279 e. The fourth-order valence-electron chi connectivity index (χ4n) is 1.32.